The van der Waals surface area contributed by atoms with Gasteiger partial charge in [-0.25, -0.2) is 0 Å². The molecule has 1 rings (SSSR count). The summed E-state index contributed by atoms with van der Waals surface area (Å²) in [7, 11) is 1.36. The number of aliphatic hydroxyl groups is 1. The molecule has 4 nitrogen and oxygen atoms in total. The largest absolute Gasteiger partial charge is 0.491 e. The number of hydrogen-bond acceptors (Lipinski definition) is 4. The monoisotopic (exact) mass is 210 g/mol. The Morgan fingerprint density at radius 1 is 1.47 bits per heavy atom. The molecule has 0 amide bonds. The Balaban J connectivity index is 2.61. The lowest BCUT2D eigenvalue weighted by molar-refractivity contribution is -0.139. The van der Waals surface area contributed by atoms with Crippen LogP contribution in [0.25, 0.3) is 0 Å². The van der Waals surface area contributed by atoms with Crippen molar-refractivity contribution in [3.8, 4) is 5.75 Å². The number of aliphatic hydroxyl groups excluding tert-OH is 1. The number of esters is 1. The summed E-state index contributed by atoms with van der Waals surface area (Å²) >= 11 is 0. The van der Waals surface area contributed by atoms with E-state index in [0.29, 0.717) is 5.75 Å². The van der Waals surface area contributed by atoms with E-state index >= 15 is 0 Å². The van der Waals surface area contributed by atoms with Crippen molar-refractivity contribution < 1.29 is 19.4 Å². The predicted octanol–water partition coefficient (Wildman–Crippen LogP) is 0.773. The van der Waals surface area contributed by atoms with Crippen LogP contribution in [0.2, 0.25) is 0 Å². The van der Waals surface area contributed by atoms with Gasteiger partial charge in [-0.15, -0.1) is 0 Å². The third kappa shape index (κ3) is 3.99. The second-order valence-corrected chi connectivity index (χ2v) is 2.97. The highest BCUT2D eigenvalue weighted by atomic mass is 16.5. The summed E-state index contributed by atoms with van der Waals surface area (Å²) in [5.74, 6) is 0.361. The van der Waals surface area contributed by atoms with Crippen molar-refractivity contribution in [3.63, 3.8) is 0 Å². The van der Waals surface area contributed by atoms with E-state index in [4.69, 9.17) is 9.84 Å². The zero-order valence-corrected chi connectivity index (χ0v) is 8.60. The molecule has 1 N–H and O–H groups in total. The van der Waals surface area contributed by atoms with E-state index in [1.54, 1.807) is 18.2 Å². The lowest BCUT2D eigenvalue weighted by atomic mass is 10.1. The minimum Gasteiger partial charge on any atom is -0.491 e. The molecular weight excluding hydrogens is 196 g/mol. The van der Waals surface area contributed by atoms with Crippen LogP contribution in [0.15, 0.2) is 24.3 Å². The molecule has 4 heteroatoms. The normalized spacial score (nSPS) is 9.73. The maximum absolute atomic E-state index is 11.0. The fourth-order valence-electron chi connectivity index (χ4n) is 1.15. The first-order chi connectivity index (χ1) is 7.26. The SMILES string of the molecule is COC(=O)Cc1cccc(OCCO)c1. The maximum atomic E-state index is 11.0. The van der Waals surface area contributed by atoms with Crippen molar-refractivity contribution in [1.82, 2.24) is 0 Å². The zero-order valence-electron chi connectivity index (χ0n) is 8.60. The van der Waals surface area contributed by atoms with Crippen LogP contribution < -0.4 is 4.74 Å². The fourth-order valence-corrected chi connectivity index (χ4v) is 1.15. The molecule has 0 bridgehead atoms. The third-order valence-electron chi connectivity index (χ3n) is 1.83. The van der Waals surface area contributed by atoms with E-state index in [0.717, 1.165) is 5.56 Å². The van der Waals surface area contributed by atoms with Crippen LogP contribution in [-0.4, -0.2) is 31.4 Å². The second-order valence-electron chi connectivity index (χ2n) is 2.97. The van der Waals surface area contributed by atoms with Crippen molar-refractivity contribution >= 4 is 5.97 Å². The Labute approximate surface area is 88.4 Å². The average molecular weight is 210 g/mol. The second kappa shape index (κ2) is 6.03. The maximum Gasteiger partial charge on any atom is 0.309 e. The summed E-state index contributed by atoms with van der Waals surface area (Å²) in [5, 5.41) is 8.58. The Morgan fingerprint density at radius 2 is 2.27 bits per heavy atom. The lowest BCUT2D eigenvalue weighted by Crippen LogP contribution is -2.05. The molecule has 0 atom stereocenters. The summed E-state index contributed by atoms with van der Waals surface area (Å²) in [5.41, 5.74) is 0.831. The van der Waals surface area contributed by atoms with E-state index in [1.807, 2.05) is 6.07 Å². The molecule has 0 saturated carbocycles. The van der Waals surface area contributed by atoms with Crippen molar-refractivity contribution in [1.29, 1.82) is 0 Å². The van der Waals surface area contributed by atoms with Gasteiger partial charge in [0.05, 0.1) is 20.1 Å². The summed E-state index contributed by atoms with van der Waals surface area (Å²) in [6, 6.07) is 7.15. The first-order valence-corrected chi connectivity index (χ1v) is 4.65. The molecule has 0 aliphatic carbocycles. The van der Waals surface area contributed by atoms with E-state index in [2.05, 4.69) is 4.74 Å². The number of carbonyl (C=O) groups excluding carboxylic acids is 1. The van der Waals surface area contributed by atoms with Crippen LogP contribution in [-0.2, 0) is 16.0 Å². The highest BCUT2D eigenvalue weighted by Gasteiger charge is 2.03. The summed E-state index contributed by atoms with van der Waals surface area (Å²) in [6.45, 7) is 0.225. The van der Waals surface area contributed by atoms with Gasteiger partial charge in [0.15, 0.2) is 0 Å². The standard InChI is InChI=1S/C11H14O4/c1-14-11(13)8-9-3-2-4-10(7-9)15-6-5-12/h2-4,7,12H,5-6,8H2,1H3. The number of ether oxygens (including phenoxy) is 2. The minimum atomic E-state index is -0.283. The van der Waals surface area contributed by atoms with Gasteiger partial charge in [-0.2, -0.15) is 0 Å². The first-order valence-electron chi connectivity index (χ1n) is 4.65. The predicted molar refractivity (Wildman–Crippen MR) is 54.7 cm³/mol. The molecule has 0 radical (unpaired) electrons. The first kappa shape index (κ1) is 11.5. The molecule has 0 aliphatic heterocycles. The highest BCUT2D eigenvalue weighted by molar-refractivity contribution is 5.72. The molecule has 0 spiro atoms. The van der Waals surface area contributed by atoms with Crippen LogP contribution in [0.1, 0.15) is 5.56 Å². The van der Waals surface area contributed by atoms with Crippen molar-refractivity contribution in [2.45, 2.75) is 6.42 Å². The summed E-state index contributed by atoms with van der Waals surface area (Å²) in [4.78, 5) is 11.0. The van der Waals surface area contributed by atoms with Crippen molar-refractivity contribution in [2.75, 3.05) is 20.3 Å². The molecule has 0 saturated heterocycles. The van der Waals surface area contributed by atoms with Crippen LogP contribution in [0.4, 0.5) is 0 Å². The van der Waals surface area contributed by atoms with Gasteiger partial charge in [0, 0.05) is 0 Å². The van der Waals surface area contributed by atoms with Gasteiger partial charge in [0.1, 0.15) is 12.4 Å². The van der Waals surface area contributed by atoms with E-state index in [1.165, 1.54) is 7.11 Å². The topological polar surface area (TPSA) is 55.8 Å². The van der Waals surface area contributed by atoms with Crippen LogP contribution in [0.3, 0.4) is 0 Å². The molecular formula is C11H14O4. The van der Waals surface area contributed by atoms with Crippen LogP contribution >= 0.6 is 0 Å². The zero-order chi connectivity index (χ0) is 11.1. The van der Waals surface area contributed by atoms with Gasteiger partial charge in [-0.3, -0.25) is 4.79 Å². The highest BCUT2D eigenvalue weighted by Crippen LogP contribution is 2.13. The number of hydrogen-bond donors (Lipinski definition) is 1. The molecule has 82 valence electrons. The summed E-state index contributed by atoms with van der Waals surface area (Å²) in [6.07, 6.45) is 0.229. The Bertz CT molecular complexity index is 322. The van der Waals surface area contributed by atoms with Gasteiger partial charge in [-0.1, -0.05) is 12.1 Å². The third-order valence-corrected chi connectivity index (χ3v) is 1.83. The Hall–Kier alpha value is -1.55. The Kier molecular flexibility index (Phi) is 4.63. The molecule has 0 aromatic heterocycles. The molecule has 1 aromatic rings. The van der Waals surface area contributed by atoms with Gasteiger partial charge < -0.3 is 14.6 Å². The number of benzene rings is 1. The molecule has 15 heavy (non-hydrogen) atoms. The van der Waals surface area contributed by atoms with Gasteiger partial charge in [-0.05, 0) is 17.7 Å². The smallest absolute Gasteiger partial charge is 0.309 e. The quantitative estimate of drug-likeness (QED) is 0.729. The van der Waals surface area contributed by atoms with Crippen molar-refractivity contribution in [2.24, 2.45) is 0 Å². The van der Waals surface area contributed by atoms with E-state index < -0.39 is 0 Å². The number of methoxy groups -OCH3 is 1. The minimum absolute atomic E-state index is 0.0266. The van der Waals surface area contributed by atoms with Gasteiger partial charge >= 0.3 is 5.97 Å². The van der Waals surface area contributed by atoms with Gasteiger partial charge in [0.2, 0.25) is 0 Å². The van der Waals surface area contributed by atoms with E-state index in [-0.39, 0.29) is 25.6 Å². The van der Waals surface area contributed by atoms with Crippen LogP contribution in [0, 0.1) is 0 Å². The Morgan fingerprint density at radius 3 is 2.93 bits per heavy atom. The molecule has 0 aliphatic rings. The van der Waals surface area contributed by atoms with Crippen molar-refractivity contribution in [3.05, 3.63) is 29.8 Å². The lowest BCUT2D eigenvalue weighted by Gasteiger charge is -2.05. The molecule has 0 unspecified atom stereocenters. The summed E-state index contributed by atoms with van der Waals surface area (Å²) < 4.78 is 9.76. The average Bonchev–Trinajstić information content (AvgIpc) is 2.26. The van der Waals surface area contributed by atoms with Gasteiger partial charge in [0.25, 0.3) is 0 Å². The van der Waals surface area contributed by atoms with Crippen LogP contribution in [0.5, 0.6) is 5.75 Å². The molecule has 0 fully saturated rings. The fraction of sp³-hybridized carbons (Fsp3) is 0.364. The number of carbonyl (C=O) groups is 1. The molecule has 0 heterocycles. The number of rotatable bonds is 5. The van der Waals surface area contributed by atoms with E-state index in [9.17, 15) is 4.79 Å². The molecule has 1 aromatic carbocycles.